The summed E-state index contributed by atoms with van der Waals surface area (Å²) in [5, 5.41) is 3.07. The minimum atomic E-state index is -0.546. The summed E-state index contributed by atoms with van der Waals surface area (Å²) in [5.74, 6) is -0.996. The maximum absolute atomic E-state index is 13.8. The number of benzene rings is 2. The molecule has 0 radical (unpaired) electrons. The molecule has 5 heteroatoms. The molecule has 0 aliphatic carbocycles. The highest BCUT2D eigenvalue weighted by molar-refractivity contribution is 9.10. The Kier molecular flexibility index (Phi) is 5.42. The minimum absolute atomic E-state index is 0.0292. The van der Waals surface area contributed by atoms with Crippen molar-refractivity contribution in [2.45, 2.75) is 12.2 Å². The first-order valence-electron chi connectivity index (χ1n) is 6.40. The van der Waals surface area contributed by atoms with Crippen molar-refractivity contribution in [1.82, 2.24) is 0 Å². The molecule has 1 atom stereocenters. The van der Waals surface area contributed by atoms with E-state index < -0.39 is 11.7 Å². The summed E-state index contributed by atoms with van der Waals surface area (Å²) in [7, 11) is 0. The largest absolute Gasteiger partial charge is 0.322 e. The summed E-state index contributed by atoms with van der Waals surface area (Å²) in [6, 6.07) is 12.0. The Morgan fingerprint density at radius 1 is 1.29 bits per heavy atom. The molecule has 2 aromatic carbocycles. The summed E-state index contributed by atoms with van der Waals surface area (Å²) in [6.07, 6.45) is 2.03. The Morgan fingerprint density at radius 3 is 2.71 bits per heavy atom. The number of halogens is 2. The second kappa shape index (κ2) is 7.09. The molecule has 1 N–H and O–H groups in total. The van der Waals surface area contributed by atoms with Gasteiger partial charge in [-0.05, 0) is 49.1 Å². The number of thioether (sulfide) groups is 1. The predicted octanol–water partition coefficient (Wildman–Crippen LogP) is 5.26. The maximum Gasteiger partial charge on any atom is 0.258 e. The molecule has 2 rings (SSSR count). The normalized spacial score (nSPS) is 12.0. The van der Waals surface area contributed by atoms with Crippen LogP contribution in [0.2, 0.25) is 0 Å². The fourth-order valence-electron chi connectivity index (χ4n) is 1.88. The first kappa shape index (κ1) is 16.0. The molecule has 2 nitrogen and oxygen atoms in total. The number of amides is 1. The molecule has 0 heterocycles. The average Bonchev–Trinajstić information content (AvgIpc) is 2.46. The second-order valence-corrected chi connectivity index (χ2v) is 6.68. The van der Waals surface area contributed by atoms with Gasteiger partial charge in [0.2, 0.25) is 0 Å². The molecule has 21 heavy (non-hydrogen) atoms. The van der Waals surface area contributed by atoms with Gasteiger partial charge in [0.25, 0.3) is 5.91 Å². The van der Waals surface area contributed by atoms with Crippen LogP contribution in [0.3, 0.4) is 0 Å². The van der Waals surface area contributed by atoms with Crippen LogP contribution < -0.4 is 5.32 Å². The topological polar surface area (TPSA) is 29.1 Å². The van der Waals surface area contributed by atoms with Crippen LogP contribution in [-0.2, 0) is 0 Å². The molecule has 2 aromatic rings. The lowest BCUT2D eigenvalue weighted by Gasteiger charge is -2.11. The number of hydrogen-bond acceptors (Lipinski definition) is 2. The molecule has 0 saturated heterocycles. The Bertz CT molecular complexity index is 662. The number of anilines is 1. The molecule has 0 bridgehead atoms. The smallest absolute Gasteiger partial charge is 0.258 e. The van der Waals surface area contributed by atoms with Crippen LogP contribution in [0.25, 0.3) is 0 Å². The average molecular weight is 368 g/mol. The zero-order chi connectivity index (χ0) is 15.4. The lowest BCUT2D eigenvalue weighted by atomic mass is 10.1. The maximum atomic E-state index is 13.8. The van der Waals surface area contributed by atoms with E-state index in [-0.39, 0.29) is 5.56 Å². The first-order valence-corrected chi connectivity index (χ1v) is 8.48. The molecule has 0 aliphatic heterocycles. The Morgan fingerprint density at radius 2 is 2.05 bits per heavy atom. The van der Waals surface area contributed by atoms with Gasteiger partial charge < -0.3 is 5.32 Å². The van der Waals surface area contributed by atoms with Gasteiger partial charge in [0.1, 0.15) is 5.82 Å². The molecule has 1 unspecified atom stereocenters. The van der Waals surface area contributed by atoms with Crippen LogP contribution >= 0.6 is 27.7 Å². The van der Waals surface area contributed by atoms with E-state index in [0.717, 1.165) is 5.56 Å². The van der Waals surface area contributed by atoms with Crippen molar-refractivity contribution < 1.29 is 9.18 Å². The van der Waals surface area contributed by atoms with Gasteiger partial charge in [0, 0.05) is 15.4 Å². The lowest BCUT2D eigenvalue weighted by molar-refractivity contribution is 0.102. The van der Waals surface area contributed by atoms with Crippen molar-refractivity contribution in [3.05, 3.63) is 63.9 Å². The molecule has 110 valence electrons. The van der Waals surface area contributed by atoms with Gasteiger partial charge >= 0.3 is 0 Å². The summed E-state index contributed by atoms with van der Waals surface area (Å²) >= 11 is 4.90. The molecule has 1 amide bonds. The Balaban J connectivity index is 2.19. The fraction of sp³-hybridized carbons (Fsp3) is 0.188. The van der Waals surface area contributed by atoms with Crippen molar-refractivity contribution in [2.24, 2.45) is 0 Å². The third kappa shape index (κ3) is 4.08. The van der Waals surface area contributed by atoms with Crippen LogP contribution in [0.15, 0.2) is 46.9 Å². The quantitative estimate of drug-likeness (QED) is 0.797. The number of hydrogen-bond donors (Lipinski definition) is 1. The monoisotopic (exact) mass is 367 g/mol. The number of carbonyl (C=O) groups is 1. The third-order valence-corrected chi connectivity index (χ3v) is 4.62. The van der Waals surface area contributed by atoms with Gasteiger partial charge in [0.05, 0.1) is 5.56 Å². The van der Waals surface area contributed by atoms with E-state index in [4.69, 9.17) is 0 Å². The zero-order valence-corrected chi connectivity index (χ0v) is 14.1. The van der Waals surface area contributed by atoms with Gasteiger partial charge in [-0.25, -0.2) is 4.39 Å². The molecular formula is C16H15BrFNOS. The third-order valence-electron chi connectivity index (χ3n) is 3.14. The molecule has 0 spiro atoms. The van der Waals surface area contributed by atoms with Crippen LogP contribution in [0.1, 0.15) is 28.1 Å². The van der Waals surface area contributed by atoms with Gasteiger partial charge in [-0.3, -0.25) is 4.79 Å². The van der Waals surface area contributed by atoms with E-state index >= 15 is 0 Å². The summed E-state index contributed by atoms with van der Waals surface area (Å²) in [6.45, 7) is 2.10. The minimum Gasteiger partial charge on any atom is -0.322 e. The van der Waals surface area contributed by atoms with Crippen LogP contribution in [-0.4, -0.2) is 12.2 Å². The van der Waals surface area contributed by atoms with Crippen LogP contribution in [0, 0.1) is 5.82 Å². The highest BCUT2D eigenvalue weighted by atomic mass is 79.9. The SMILES string of the molecule is CSC(C)c1cccc(NC(=O)c2ccc(Br)cc2F)c1. The standard InChI is InChI=1S/C16H15BrFNOS/c1-10(21-2)11-4-3-5-13(8-11)19-16(20)14-7-6-12(17)9-15(14)18/h3-10H,1-2H3,(H,19,20). The molecule has 0 aliphatic rings. The summed E-state index contributed by atoms with van der Waals surface area (Å²) < 4.78 is 14.4. The first-order chi connectivity index (χ1) is 10.0. The van der Waals surface area contributed by atoms with E-state index in [1.54, 1.807) is 23.9 Å². The van der Waals surface area contributed by atoms with Crippen molar-refractivity contribution in [2.75, 3.05) is 11.6 Å². The van der Waals surface area contributed by atoms with E-state index in [1.165, 1.54) is 12.1 Å². The van der Waals surface area contributed by atoms with E-state index in [1.807, 2.05) is 24.5 Å². The van der Waals surface area contributed by atoms with Gasteiger partial charge in [0.15, 0.2) is 0 Å². The van der Waals surface area contributed by atoms with Crippen molar-refractivity contribution in [3.8, 4) is 0 Å². The Labute approximate surface area is 136 Å². The van der Waals surface area contributed by atoms with Crippen molar-refractivity contribution >= 4 is 39.3 Å². The van der Waals surface area contributed by atoms with Gasteiger partial charge in [-0.15, -0.1) is 0 Å². The fourth-order valence-corrected chi connectivity index (χ4v) is 2.63. The van der Waals surface area contributed by atoms with Crippen LogP contribution in [0.4, 0.5) is 10.1 Å². The van der Waals surface area contributed by atoms with E-state index in [0.29, 0.717) is 15.4 Å². The van der Waals surface area contributed by atoms with Gasteiger partial charge in [-0.2, -0.15) is 11.8 Å². The molecule has 0 aromatic heterocycles. The second-order valence-electron chi connectivity index (χ2n) is 4.58. The van der Waals surface area contributed by atoms with Crippen molar-refractivity contribution in [1.29, 1.82) is 0 Å². The van der Waals surface area contributed by atoms with E-state index in [9.17, 15) is 9.18 Å². The number of nitrogens with one attached hydrogen (secondary N) is 1. The molecule has 0 fully saturated rings. The lowest BCUT2D eigenvalue weighted by Crippen LogP contribution is -2.13. The predicted molar refractivity (Wildman–Crippen MR) is 90.4 cm³/mol. The molecule has 0 saturated carbocycles. The number of rotatable bonds is 4. The molecular weight excluding hydrogens is 353 g/mol. The highest BCUT2D eigenvalue weighted by Crippen LogP contribution is 2.27. The van der Waals surface area contributed by atoms with E-state index in [2.05, 4.69) is 28.2 Å². The summed E-state index contributed by atoms with van der Waals surface area (Å²) in [4.78, 5) is 12.1. The Hall–Kier alpha value is -1.33. The highest BCUT2D eigenvalue weighted by Gasteiger charge is 2.13. The number of carbonyl (C=O) groups excluding carboxylic acids is 1. The zero-order valence-electron chi connectivity index (χ0n) is 11.7. The van der Waals surface area contributed by atoms with Gasteiger partial charge in [-0.1, -0.05) is 28.1 Å². The summed E-state index contributed by atoms with van der Waals surface area (Å²) in [5.41, 5.74) is 1.82. The van der Waals surface area contributed by atoms with Crippen LogP contribution in [0.5, 0.6) is 0 Å². The van der Waals surface area contributed by atoms with Crippen molar-refractivity contribution in [3.63, 3.8) is 0 Å².